The standard InChI is InChI=1S/C15H20INO3/c1-14(2,3)20-13(18)17-15(7-8-15)10-19-12-6-4-5-11(16)9-12/h4-6,9H,7-8,10H2,1-3H3,(H,17,18). The lowest BCUT2D eigenvalue weighted by Crippen LogP contribution is -2.44. The first-order valence-electron chi connectivity index (χ1n) is 6.68. The van der Waals surface area contributed by atoms with Crippen LogP contribution in [-0.2, 0) is 4.74 Å². The molecule has 2 rings (SSSR count). The van der Waals surface area contributed by atoms with Crippen LogP contribution in [0.3, 0.4) is 0 Å². The molecule has 0 saturated heterocycles. The Morgan fingerprint density at radius 3 is 2.65 bits per heavy atom. The van der Waals surface area contributed by atoms with E-state index < -0.39 is 5.60 Å². The van der Waals surface area contributed by atoms with Crippen molar-refractivity contribution in [3.8, 4) is 5.75 Å². The summed E-state index contributed by atoms with van der Waals surface area (Å²) < 4.78 is 12.2. The predicted molar refractivity (Wildman–Crippen MR) is 86.0 cm³/mol. The summed E-state index contributed by atoms with van der Waals surface area (Å²) in [7, 11) is 0. The zero-order valence-electron chi connectivity index (χ0n) is 12.0. The van der Waals surface area contributed by atoms with Gasteiger partial charge in [-0.15, -0.1) is 0 Å². The Bertz CT molecular complexity index is 492. The Balaban J connectivity index is 1.85. The Kier molecular flexibility index (Phi) is 4.46. The lowest BCUT2D eigenvalue weighted by Gasteiger charge is -2.23. The van der Waals surface area contributed by atoms with E-state index in [0.717, 1.165) is 22.2 Å². The van der Waals surface area contributed by atoms with Gasteiger partial charge in [0.25, 0.3) is 0 Å². The maximum Gasteiger partial charge on any atom is 0.408 e. The van der Waals surface area contributed by atoms with E-state index in [1.807, 2.05) is 45.0 Å². The summed E-state index contributed by atoms with van der Waals surface area (Å²) >= 11 is 2.25. The topological polar surface area (TPSA) is 47.6 Å². The molecule has 1 amide bonds. The smallest absolute Gasteiger partial charge is 0.408 e. The molecular formula is C15H20INO3. The summed E-state index contributed by atoms with van der Waals surface area (Å²) in [6.07, 6.45) is 1.48. The third-order valence-electron chi connectivity index (χ3n) is 2.93. The minimum Gasteiger partial charge on any atom is -0.491 e. The molecule has 1 fully saturated rings. The molecule has 4 nitrogen and oxygen atoms in total. The highest BCUT2D eigenvalue weighted by Crippen LogP contribution is 2.36. The van der Waals surface area contributed by atoms with Gasteiger partial charge in [0, 0.05) is 3.57 Å². The van der Waals surface area contributed by atoms with Gasteiger partial charge in [-0.3, -0.25) is 0 Å². The molecule has 0 heterocycles. The number of carbonyl (C=O) groups excluding carboxylic acids is 1. The van der Waals surface area contributed by atoms with Crippen LogP contribution in [0.1, 0.15) is 33.6 Å². The van der Waals surface area contributed by atoms with Crippen LogP contribution in [0, 0.1) is 3.57 Å². The SMILES string of the molecule is CC(C)(C)OC(=O)NC1(COc2cccc(I)c2)CC1. The number of hydrogen-bond acceptors (Lipinski definition) is 3. The normalized spacial score (nSPS) is 16.4. The maximum absolute atomic E-state index is 11.8. The minimum atomic E-state index is -0.476. The molecule has 1 aromatic carbocycles. The van der Waals surface area contributed by atoms with E-state index in [0.29, 0.717) is 6.61 Å². The molecule has 5 heteroatoms. The fraction of sp³-hybridized carbons (Fsp3) is 0.533. The first kappa shape index (κ1) is 15.4. The second-order valence-electron chi connectivity index (χ2n) is 6.15. The van der Waals surface area contributed by atoms with E-state index in [1.165, 1.54) is 0 Å². The van der Waals surface area contributed by atoms with Gasteiger partial charge in [-0.25, -0.2) is 4.79 Å². The predicted octanol–water partition coefficient (Wildman–Crippen LogP) is 3.73. The van der Waals surface area contributed by atoms with E-state index in [-0.39, 0.29) is 11.6 Å². The Labute approximate surface area is 133 Å². The van der Waals surface area contributed by atoms with Gasteiger partial charge in [0.2, 0.25) is 0 Å². The highest BCUT2D eigenvalue weighted by atomic mass is 127. The van der Waals surface area contributed by atoms with Crippen molar-refractivity contribution < 1.29 is 14.3 Å². The highest BCUT2D eigenvalue weighted by molar-refractivity contribution is 14.1. The lowest BCUT2D eigenvalue weighted by molar-refractivity contribution is 0.0477. The molecular weight excluding hydrogens is 369 g/mol. The molecule has 110 valence electrons. The van der Waals surface area contributed by atoms with Crippen molar-refractivity contribution in [3.63, 3.8) is 0 Å². The second-order valence-corrected chi connectivity index (χ2v) is 7.40. The summed E-state index contributed by atoms with van der Waals surface area (Å²) in [5.74, 6) is 0.828. The summed E-state index contributed by atoms with van der Waals surface area (Å²) in [6, 6.07) is 7.87. The number of alkyl carbamates (subject to hydrolysis) is 1. The van der Waals surface area contributed by atoms with Gasteiger partial charge in [0.15, 0.2) is 0 Å². The molecule has 1 aromatic rings. The number of hydrogen-bond donors (Lipinski definition) is 1. The molecule has 0 bridgehead atoms. The molecule has 20 heavy (non-hydrogen) atoms. The molecule has 0 atom stereocenters. The van der Waals surface area contributed by atoms with Crippen molar-refractivity contribution in [1.29, 1.82) is 0 Å². The van der Waals surface area contributed by atoms with E-state index in [4.69, 9.17) is 9.47 Å². The van der Waals surface area contributed by atoms with Crippen molar-refractivity contribution in [3.05, 3.63) is 27.8 Å². The number of rotatable bonds is 4. The summed E-state index contributed by atoms with van der Waals surface area (Å²) in [5.41, 5.74) is -0.736. The zero-order valence-corrected chi connectivity index (χ0v) is 14.2. The minimum absolute atomic E-state index is 0.260. The second kappa shape index (κ2) is 5.79. The van der Waals surface area contributed by atoms with Crippen molar-refractivity contribution in [2.24, 2.45) is 0 Å². The van der Waals surface area contributed by atoms with Crippen molar-refractivity contribution in [1.82, 2.24) is 5.32 Å². The third-order valence-corrected chi connectivity index (χ3v) is 3.60. The quantitative estimate of drug-likeness (QED) is 0.799. The molecule has 0 aliphatic heterocycles. The van der Waals surface area contributed by atoms with E-state index in [1.54, 1.807) is 0 Å². The van der Waals surface area contributed by atoms with Gasteiger partial charge in [-0.1, -0.05) is 6.07 Å². The van der Waals surface area contributed by atoms with Crippen LogP contribution in [0.4, 0.5) is 4.79 Å². The lowest BCUT2D eigenvalue weighted by atomic mass is 10.2. The largest absolute Gasteiger partial charge is 0.491 e. The Morgan fingerprint density at radius 2 is 2.10 bits per heavy atom. The maximum atomic E-state index is 11.8. The third kappa shape index (κ3) is 4.85. The number of amides is 1. The first-order valence-corrected chi connectivity index (χ1v) is 7.75. The average Bonchev–Trinajstić information content (AvgIpc) is 3.04. The van der Waals surface area contributed by atoms with E-state index >= 15 is 0 Å². The molecule has 0 unspecified atom stereocenters. The van der Waals surface area contributed by atoms with Crippen LogP contribution in [0.15, 0.2) is 24.3 Å². The number of halogens is 1. The van der Waals surface area contributed by atoms with Crippen LogP contribution < -0.4 is 10.1 Å². The number of ether oxygens (including phenoxy) is 2. The van der Waals surface area contributed by atoms with Crippen molar-refractivity contribution in [2.75, 3.05) is 6.61 Å². The van der Waals surface area contributed by atoms with Gasteiger partial charge >= 0.3 is 6.09 Å². The van der Waals surface area contributed by atoms with Crippen molar-refractivity contribution >= 4 is 28.7 Å². The van der Waals surface area contributed by atoms with Gasteiger partial charge in [0.1, 0.15) is 18.0 Å². The molecule has 0 aromatic heterocycles. The highest BCUT2D eigenvalue weighted by Gasteiger charge is 2.46. The molecule has 1 saturated carbocycles. The number of carbonyl (C=O) groups is 1. The average molecular weight is 389 g/mol. The fourth-order valence-electron chi connectivity index (χ4n) is 1.75. The van der Waals surface area contributed by atoms with Gasteiger partial charge < -0.3 is 14.8 Å². The monoisotopic (exact) mass is 389 g/mol. The van der Waals surface area contributed by atoms with E-state index in [2.05, 4.69) is 27.9 Å². The first-order chi connectivity index (χ1) is 9.28. The molecule has 0 radical (unpaired) electrons. The Hall–Kier alpha value is -0.980. The van der Waals surface area contributed by atoms with Gasteiger partial charge in [0.05, 0.1) is 5.54 Å². The molecule has 0 spiro atoms. The molecule has 1 aliphatic carbocycles. The van der Waals surface area contributed by atoms with Crippen LogP contribution >= 0.6 is 22.6 Å². The molecule has 1 aliphatic rings. The van der Waals surface area contributed by atoms with Crippen molar-refractivity contribution in [2.45, 2.75) is 44.8 Å². The van der Waals surface area contributed by atoms with Crippen LogP contribution in [0.25, 0.3) is 0 Å². The summed E-state index contributed by atoms with van der Waals surface area (Å²) in [5, 5.41) is 2.92. The number of benzene rings is 1. The van der Waals surface area contributed by atoms with Crippen LogP contribution in [0.2, 0.25) is 0 Å². The Morgan fingerprint density at radius 1 is 1.40 bits per heavy atom. The van der Waals surface area contributed by atoms with Crippen LogP contribution in [-0.4, -0.2) is 23.8 Å². The fourth-order valence-corrected chi connectivity index (χ4v) is 2.27. The summed E-state index contributed by atoms with van der Waals surface area (Å²) in [4.78, 5) is 11.8. The number of nitrogens with one attached hydrogen (secondary N) is 1. The van der Waals surface area contributed by atoms with Gasteiger partial charge in [-0.2, -0.15) is 0 Å². The summed E-state index contributed by atoms with van der Waals surface area (Å²) in [6.45, 7) is 6.05. The van der Waals surface area contributed by atoms with E-state index in [9.17, 15) is 4.79 Å². The molecule has 1 N–H and O–H groups in total. The zero-order chi connectivity index (χ0) is 14.8. The van der Waals surface area contributed by atoms with Gasteiger partial charge in [-0.05, 0) is 74.4 Å². The van der Waals surface area contributed by atoms with Crippen LogP contribution in [0.5, 0.6) is 5.75 Å².